The van der Waals surface area contributed by atoms with Crippen molar-refractivity contribution in [3.05, 3.63) is 29.6 Å². The van der Waals surface area contributed by atoms with Crippen molar-refractivity contribution in [2.75, 3.05) is 0 Å². The topological polar surface area (TPSA) is 50.2 Å². The Bertz CT molecular complexity index is 390. The van der Waals surface area contributed by atoms with Gasteiger partial charge in [0, 0.05) is 12.1 Å². The van der Waals surface area contributed by atoms with Crippen LogP contribution in [0.25, 0.3) is 0 Å². The Kier molecular flexibility index (Phi) is 3.51. The number of carboxylic acid groups (broad SMARTS) is 1. The first kappa shape index (κ1) is 12.5. The van der Waals surface area contributed by atoms with Crippen molar-refractivity contribution in [2.45, 2.75) is 25.4 Å². The summed E-state index contributed by atoms with van der Waals surface area (Å²) in [7, 11) is 0. The van der Waals surface area contributed by atoms with Gasteiger partial charge in [0.25, 0.3) is 0 Å². The van der Waals surface area contributed by atoms with Crippen LogP contribution in [-0.2, 0) is 11.0 Å². The summed E-state index contributed by atoms with van der Waals surface area (Å²) in [5.41, 5.74) is -1.10. The molecular weight excluding hydrogens is 223 g/mol. The Morgan fingerprint density at radius 3 is 2.69 bits per heavy atom. The summed E-state index contributed by atoms with van der Waals surface area (Å²) >= 11 is 0. The van der Waals surface area contributed by atoms with Gasteiger partial charge in [-0.1, -0.05) is 6.92 Å². The van der Waals surface area contributed by atoms with E-state index < -0.39 is 23.6 Å². The van der Waals surface area contributed by atoms with E-state index in [1.165, 1.54) is 19.2 Å². The summed E-state index contributed by atoms with van der Waals surface area (Å²) in [5, 5.41) is 8.53. The molecule has 1 N–H and O–H groups in total. The number of nitrogens with zero attached hydrogens (tertiary/aromatic N) is 1. The summed E-state index contributed by atoms with van der Waals surface area (Å²) in [6.45, 7) is 1.41. The number of aliphatic carboxylic acids is 1. The summed E-state index contributed by atoms with van der Waals surface area (Å²) in [6, 6.07) is 2.08. The van der Waals surface area contributed by atoms with Gasteiger partial charge in [0.2, 0.25) is 0 Å². The van der Waals surface area contributed by atoms with Crippen molar-refractivity contribution in [1.29, 1.82) is 0 Å². The summed E-state index contributed by atoms with van der Waals surface area (Å²) in [5.74, 6) is -1.92. The van der Waals surface area contributed by atoms with Crippen molar-refractivity contribution in [2.24, 2.45) is 0 Å². The van der Waals surface area contributed by atoms with E-state index in [1.807, 2.05) is 0 Å². The summed E-state index contributed by atoms with van der Waals surface area (Å²) in [4.78, 5) is 14.0. The minimum atomic E-state index is -4.50. The monoisotopic (exact) mass is 233 g/mol. The molecule has 1 unspecified atom stereocenters. The fourth-order valence-electron chi connectivity index (χ4n) is 1.41. The van der Waals surface area contributed by atoms with Crippen molar-refractivity contribution in [3.63, 3.8) is 0 Å². The second kappa shape index (κ2) is 4.51. The second-order valence-corrected chi connectivity index (χ2v) is 3.43. The van der Waals surface area contributed by atoms with Gasteiger partial charge in [-0.2, -0.15) is 13.2 Å². The van der Waals surface area contributed by atoms with Gasteiger partial charge in [-0.15, -0.1) is 0 Å². The number of hydrogen-bond acceptors (Lipinski definition) is 2. The third kappa shape index (κ3) is 2.95. The van der Waals surface area contributed by atoms with Gasteiger partial charge in [0.15, 0.2) is 0 Å². The number of rotatable bonds is 3. The standard InChI is InChI=1S/C10H10F3NO2/c1-6(5-8(15)16)9-7(10(11,12)13)3-2-4-14-9/h2-4,6H,5H2,1H3,(H,15,16). The van der Waals surface area contributed by atoms with Crippen molar-refractivity contribution in [3.8, 4) is 0 Å². The van der Waals surface area contributed by atoms with Gasteiger partial charge in [-0.3, -0.25) is 9.78 Å². The van der Waals surface area contributed by atoms with Gasteiger partial charge in [0.1, 0.15) is 0 Å². The Morgan fingerprint density at radius 2 is 2.19 bits per heavy atom. The van der Waals surface area contributed by atoms with E-state index in [2.05, 4.69) is 4.98 Å². The molecule has 1 aromatic heterocycles. The molecule has 1 aromatic rings. The number of carbonyl (C=O) groups is 1. The number of carboxylic acids is 1. The fourth-order valence-corrected chi connectivity index (χ4v) is 1.41. The third-order valence-corrected chi connectivity index (χ3v) is 2.09. The van der Waals surface area contributed by atoms with Crippen molar-refractivity contribution < 1.29 is 23.1 Å². The van der Waals surface area contributed by atoms with Gasteiger partial charge in [0.05, 0.1) is 17.7 Å². The molecule has 0 bridgehead atoms. The maximum absolute atomic E-state index is 12.6. The van der Waals surface area contributed by atoms with Crippen LogP contribution in [0.2, 0.25) is 0 Å². The molecule has 0 amide bonds. The molecule has 1 rings (SSSR count). The van der Waals surface area contributed by atoms with E-state index in [1.54, 1.807) is 0 Å². The number of halogens is 3. The molecule has 1 atom stereocenters. The maximum atomic E-state index is 12.6. The largest absolute Gasteiger partial charge is 0.481 e. The normalized spacial score (nSPS) is 13.5. The highest BCUT2D eigenvalue weighted by molar-refractivity contribution is 5.67. The lowest BCUT2D eigenvalue weighted by atomic mass is 9.98. The zero-order valence-electron chi connectivity index (χ0n) is 8.45. The predicted molar refractivity (Wildman–Crippen MR) is 49.9 cm³/mol. The fraction of sp³-hybridized carbons (Fsp3) is 0.400. The van der Waals surface area contributed by atoms with Gasteiger partial charge in [-0.05, 0) is 12.1 Å². The molecule has 0 saturated heterocycles. The average Bonchev–Trinajstić information content (AvgIpc) is 2.15. The van der Waals surface area contributed by atoms with E-state index in [0.29, 0.717) is 0 Å². The first-order valence-corrected chi connectivity index (χ1v) is 4.56. The van der Waals surface area contributed by atoms with Gasteiger partial charge >= 0.3 is 12.1 Å². The van der Waals surface area contributed by atoms with Crippen LogP contribution in [0.15, 0.2) is 18.3 Å². The molecule has 0 radical (unpaired) electrons. The maximum Gasteiger partial charge on any atom is 0.418 e. The first-order valence-electron chi connectivity index (χ1n) is 4.56. The summed E-state index contributed by atoms with van der Waals surface area (Å²) in [6.07, 6.45) is -3.65. The average molecular weight is 233 g/mol. The minimum absolute atomic E-state index is 0.225. The van der Waals surface area contributed by atoms with Crippen LogP contribution in [0.5, 0.6) is 0 Å². The highest BCUT2D eigenvalue weighted by atomic mass is 19.4. The van der Waals surface area contributed by atoms with E-state index in [4.69, 9.17) is 5.11 Å². The first-order chi connectivity index (χ1) is 7.32. The highest BCUT2D eigenvalue weighted by Crippen LogP contribution is 2.34. The Labute approximate surface area is 89.9 Å². The van der Waals surface area contributed by atoms with Crippen LogP contribution in [0.3, 0.4) is 0 Å². The predicted octanol–water partition coefficient (Wildman–Crippen LogP) is 2.68. The number of alkyl halides is 3. The molecule has 16 heavy (non-hydrogen) atoms. The lowest BCUT2D eigenvalue weighted by Crippen LogP contribution is -2.14. The van der Waals surface area contributed by atoms with Crippen LogP contribution in [0.1, 0.15) is 30.5 Å². The highest BCUT2D eigenvalue weighted by Gasteiger charge is 2.35. The van der Waals surface area contributed by atoms with Crippen LogP contribution >= 0.6 is 0 Å². The Hall–Kier alpha value is -1.59. The molecule has 0 spiro atoms. The number of hydrogen-bond donors (Lipinski definition) is 1. The van der Waals surface area contributed by atoms with Crippen LogP contribution in [-0.4, -0.2) is 16.1 Å². The summed E-state index contributed by atoms with van der Waals surface area (Å²) < 4.78 is 37.7. The number of aromatic nitrogens is 1. The van der Waals surface area contributed by atoms with Crippen LogP contribution < -0.4 is 0 Å². The lowest BCUT2D eigenvalue weighted by Gasteiger charge is -2.15. The van der Waals surface area contributed by atoms with Crippen molar-refractivity contribution in [1.82, 2.24) is 4.98 Å². The van der Waals surface area contributed by atoms with E-state index in [-0.39, 0.29) is 12.1 Å². The lowest BCUT2D eigenvalue weighted by molar-refractivity contribution is -0.140. The second-order valence-electron chi connectivity index (χ2n) is 3.43. The third-order valence-electron chi connectivity index (χ3n) is 2.09. The molecular formula is C10H10F3NO2. The van der Waals surface area contributed by atoms with Crippen LogP contribution in [0, 0.1) is 0 Å². The molecule has 3 nitrogen and oxygen atoms in total. The van der Waals surface area contributed by atoms with Gasteiger partial charge < -0.3 is 5.11 Å². The molecule has 0 saturated carbocycles. The molecule has 0 aliphatic rings. The molecule has 0 aliphatic carbocycles. The molecule has 6 heteroatoms. The molecule has 1 heterocycles. The zero-order valence-corrected chi connectivity index (χ0v) is 8.45. The van der Waals surface area contributed by atoms with Crippen LogP contribution in [0.4, 0.5) is 13.2 Å². The Balaban J connectivity index is 3.08. The van der Waals surface area contributed by atoms with Gasteiger partial charge in [-0.25, -0.2) is 0 Å². The quantitative estimate of drug-likeness (QED) is 0.873. The molecule has 0 aliphatic heterocycles. The Morgan fingerprint density at radius 1 is 1.56 bits per heavy atom. The number of pyridine rings is 1. The van der Waals surface area contributed by atoms with E-state index in [0.717, 1.165) is 6.07 Å². The van der Waals surface area contributed by atoms with E-state index in [9.17, 15) is 18.0 Å². The SMILES string of the molecule is CC(CC(=O)O)c1ncccc1C(F)(F)F. The van der Waals surface area contributed by atoms with E-state index >= 15 is 0 Å². The van der Waals surface area contributed by atoms with Crippen molar-refractivity contribution >= 4 is 5.97 Å². The molecule has 88 valence electrons. The zero-order chi connectivity index (χ0) is 12.3. The molecule has 0 aromatic carbocycles. The molecule has 0 fully saturated rings. The smallest absolute Gasteiger partial charge is 0.418 e. The minimum Gasteiger partial charge on any atom is -0.481 e.